The number of aliphatic hydroxyl groups is 1. The molecule has 110 valence electrons. The van der Waals surface area contributed by atoms with Crippen LogP contribution in [0.4, 0.5) is 0 Å². The van der Waals surface area contributed by atoms with Crippen molar-refractivity contribution in [1.82, 2.24) is 4.98 Å². The lowest BCUT2D eigenvalue weighted by atomic mass is 9.74. The number of pyridine rings is 1. The van der Waals surface area contributed by atoms with Crippen molar-refractivity contribution in [3.8, 4) is 0 Å². The zero-order chi connectivity index (χ0) is 13.9. The minimum atomic E-state index is -0.239. The highest BCUT2D eigenvalue weighted by molar-refractivity contribution is 5.26. The first-order chi connectivity index (χ1) is 9.78. The van der Waals surface area contributed by atoms with Crippen molar-refractivity contribution in [2.24, 2.45) is 5.92 Å². The summed E-state index contributed by atoms with van der Waals surface area (Å²) in [4.78, 5) is 4.53. The number of aliphatic hydroxyl groups excluding tert-OH is 1. The summed E-state index contributed by atoms with van der Waals surface area (Å²) in [5, 5.41) is 10.6. The van der Waals surface area contributed by atoms with Gasteiger partial charge in [0.1, 0.15) is 0 Å². The monoisotopic (exact) mass is 275 g/mol. The van der Waals surface area contributed by atoms with Crippen molar-refractivity contribution < 1.29 is 9.84 Å². The zero-order valence-corrected chi connectivity index (χ0v) is 12.3. The number of hydrogen-bond acceptors (Lipinski definition) is 3. The molecule has 3 nitrogen and oxygen atoms in total. The summed E-state index contributed by atoms with van der Waals surface area (Å²) in [6.45, 7) is 2.85. The average Bonchev–Trinajstić information content (AvgIpc) is 2.44. The molecule has 3 heteroatoms. The third-order valence-electron chi connectivity index (χ3n) is 4.87. The van der Waals surface area contributed by atoms with Crippen LogP contribution < -0.4 is 0 Å². The van der Waals surface area contributed by atoms with Gasteiger partial charge in [0.2, 0.25) is 0 Å². The Kier molecular flexibility index (Phi) is 4.37. The van der Waals surface area contributed by atoms with E-state index in [4.69, 9.17) is 4.74 Å². The van der Waals surface area contributed by atoms with Gasteiger partial charge in [-0.15, -0.1) is 0 Å². The van der Waals surface area contributed by atoms with E-state index in [0.29, 0.717) is 12.0 Å². The molecule has 2 aliphatic carbocycles. The van der Waals surface area contributed by atoms with Crippen molar-refractivity contribution >= 4 is 0 Å². The van der Waals surface area contributed by atoms with Crippen molar-refractivity contribution in [2.45, 2.75) is 63.6 Å². The Morgan fingerprint density at radius 3 is 3.10 bits per heavy atom. The molecule has 0 aliphatic heterocycles. The van der Waals surface area contributed by atoms with Crippen LogP contribution in [-0.2, 0) is 11.2 Å². The van der Waals surface area contributed by atoms with Gasteiger partial charge in [0, 0.05) is 24.4 Å². The first kappa shape index (κ1) is 14.0. The molecule has 0 radical (unpaired) electrons. The van der Waals surface area contributed by atoms with Crippen LogP contribution in [0.2, 0.25) is 0 Å². The summed E-state index contributed by atoms with van der Waals surface area (Å²) in [5.41, 5.74) is 2.48. The van der Waals surface area contributed by atoms with E-state index in [1.54, 1.807) is 0 Å². The maximum absolute atomic E-state index is 10.6. The Labute approximate surface area is 121 Å². The lowest BCUT2D eigenvalue weighted by Gasteiger charge is -2.38. The number of rotatable bonds is 5. The molecule has 1 aromatic rings. The second-order valence-electron chi connectivity index (χ2n) is 6.26. The first-order valence-electron chi connectivity index (χ1n) is 8.01. The van der Waals surface area contributed by atoms with Gasteiger partial charge in [0.25, 0.3) is 0 Å². The van der Waals surface area contributed by atoms with Gasteiger partial charge in [-0.25, -0.2) is 0 Å². The van der Waals surface area contributed by atoms with Crippen LogP contribution in [-0.4, -0.2) is 28.9 Å². The van der Waals surface area contributed by atoms with Gasteiger partial charge in [-0.2, -0.15) is 0 Å². The van der Waals surface area contributed by atoms with Gasteiger partial charge in [-0.1, -0.05) is 6.07 Å². The smallest absolute Gasteiger partial charge is 0.0626 e. The molecule has 1 saturated carbocycles. The van der Waals surface area contributed by atoms with E-state index < -0.39 is 0 Å². The molecule has 1 N–H and O–H groups in total. The summed E-state index contributed by atoms with van der Waals surface area (Å²) in [7, 11) is 0. The quantitative estimate of drug-likeness (QED) is 0.898. The predicted molar refractivity (Wildman–Crippen MR) is 78.7 cm³/mol. The second kappa shape index (κ2) is 6.23. The molecule has 0 amide bonds. The Morgan fingerprint density at radius 1 is 1.45 bits per heavy atom. The van der Waals surface area contributed by atoms with Crippen LogP contribution in [0.5, 0.6) is 0 Å². The van der Waals surface area contributed by atoms with Crippen molar-refractivity contribution in [3.63, 3.8) is 0 Å². The Balaban J connectivity index is 1.57. The molecular formula is C17H25NO2. The number of nitrogens with zero attached hydrogens (tertiary/aromatic N) is 1. The molecule has 2 atom stereocenters. The highest BCUT2D eigenvalue weighted by Crippen LogP contribution is 2.39. The standard InChI is InChI=1S/C17H25NO2/c1-2-20-14-9-12(10-14)11-16(19)15-7-3-5-13-6-4-8-18-17(13)15/h4,6,8,12,14-16,19H,2-3,5,7,9-11H2,1H3. The minimum absolute atomic E-state index is 0.239. The fourth-order valence-electron chi connectivity index (χ4n) is 3.76. The van der Waals surface area contributed by atoms with Gasteiger partial charge in [-0.3, -0.25) is 4.98 Å². The molecule has 1 fully saturated rings. The summed E-state index contributed by atoms with van der Waals surface area (Å²) in [5.74, 6) is 0.877. The summed E-state index contributed by atoms with van der Waals surface area (Å²) in [6.07, 6.45) is 8.56. The van der Waals surface area contributed by atoms with E-state index in [1.807, 2.05) is 19.2 Å². The third-order valence-corrected chi connectivity index (χ3v) is 4.87. The Bertz CT molecular complexity index is 442. The normalized spacial score (nSPS) is 30.4. The predicted octanol–water partition coefficient (Wildman–Crippen LogP) is 3.07. The Hall–Kier alpha value is -0.930. The van der Waals surface area contributed by atoms with E-state index in [2.05, 4.69) is 11.1 Å². The van der Waals surface area contributed by atoms with Crippen LogP contribution in [0.25, 0.3) is 0 Å². The fourth-order valence-corrected chi connectivity index (χ4v) is 3.76. The van der Waals surface area contributed by atoms with E-state index in [0.717, 1.165) is 44.4 Å². The van der Waals surface area contributed by atoms with Gasteiger partial charge in [0.15, 0.2) is 0 Å². The molecule has 2 unspecified atom stereocenters. The summed E-state index contributed by atoms with van der Waals surface area (Å²) in [6, 6.07) is 4.17. The number of aromatic nitrogens is 1. The van der Waals surface area contributed by atoms with Gasteiger partial charge in [0.05, 0.1) is 12.2 Å². The molecule has 0 saturated heterocycles. The third kappa shape index (κ3) is 2.89. The lowest BCUT2D eigenvalue weighted by molar-refractivity contribution is -0.0407. The SMILES string of the molecule is CCOC1CC(CC(O)C2CCCc3cccnc32)C1. The maximum atomic E-state index is 10.6. The van der Waals surface area contributed by atoms with Gasteiger partial charge < -0.3 is 9.84 Å². The highest BCUT2D eigenvalue weighted by atomic mass is 16.5. The number of fused-ring (bicyclic) bond motifs is 1. The minimum Gasteiger partial charge on any atom is -0.392 e. The number of hydrogen-bond donors (Lipinski definition) is 1. The van der Waals surface area contributed by atoms with Crippen LogP contribution >= 0.6 is 0 Å². The van der Waals surface area contributed by atoms with Crippen molar-refractivity contribution in [1.29, 1.82) is 0 Å². The molecule has 3 rings (SSSR count). The molecule has 1 aromatic heterocycles. The Morgan fingerprint density at radius 2 is 2.30 bits per heavy atom. The molecule has 2 aliphatic rings. The van der Waals surface area contributed by atoms with Gasteiger partial charge in [-0.05, 0) is 63.0 Å². The van der Waals surface area contributed by atoms with Crippen LogP contribution in [0, 0.1) is 5.92 Å². The van der Waals surface area contributed by atoms with Crippen LogP contribution in [0.15, 0.2) is 18.3 Å². The van der Waals surface area contributed by atoms with Crippen LogP contribution in [0.1, 0.15) is 56.2 Å². The largest absolute Gasteiger partial charge is 0.392 e. The van der Waals surface area contributed by atoms with Crippen molar-refractivity contribution in [3.05, 3.63) is 29.6 Å². The van der Waals surface area contributed by atoms with Crippen molar-refractivity contribution in [2.75, 3.05) is 6.61 Å². The van der Waals surface area contributed by atoms with Crippen LogP contribution in [0.3, 0.4) is 0 Å². The molecule has 0 spiro atoms. The topological polar surface area (TPSA) is 42.4 Å². The van der Waals surface area contributed by atoms with E-state index in [1.165, 1.54) is 12.0 Å². The average molecular weight is 275 g/mol. The summed E-state index contributed by atoms with van der Waals surface area (Å²) < 4.78 is 5.60. The second-order valence-corrected chi connectivity index (χ2v) is 6.26. The molecular weight excluding hydrogens is 250 g/mol. The molecule has 1 heterocycles. The zero-order valence-electron chi connectivity index (χ0n) is 12.3. The van der Waals surface area contributed by atoms with E-state index in [-0.39, 0.29) is 12.0 Å². The lowest BCUT2D eigenvalue weighted by Crippen LogP contribution is -2.35. The highest BCUT2D eigenvalue weighted by Gasteiger charge is 2.35. The number of aryl methyl sites for hydroxylation is 1. The first-order valence-corrected chi connectivity index (χ1v) is 8.01. The summed E-state index contributed by atoms with van der Waals surface area (Å²) >= 11 is 0. The molecule has 0 aromatic carbocycles. The maximum Gasteiger partial charge on any atom is 0.0626 e. The fraction of sp³-hybridized carbons (Fsp3) is 0.706. The van der Waals surface area contributed by atoms with E-state index in [9.17, 15) is 5.11 Å². The number of ether oxygens (including phenoxy) is 1. The molecule has 20 heavy (non-hydrogen) atoms. The van der Waals surface area contributed by atoms with Gasteiger partial charge >= 0.3 is 0 Å². The van der Waals surface area contributed by atoms with E-state index >= 15 is 0 Å². The molecule has 0 bridgehead atoms.